The number of nitrogens with one attached hydrogen (secondary N) is 1. The molecule has 2 nitrogen and oxygen atoms in total. The molecule has 0 saturated heterocycles. The molecule has 0 aromatic heterocycles. The number of rotatable bonds is 0. The van der Waals surface area contributed by atoms with E-state index in [9.17, 15) is 0 Å². The maximum atomic E-state index is 4.33. The highest BCUT2D eigenvalue weighted by Gasteiger charge is 2.13. The second-order valence-corrected chi connectivity index (χ2v) is 4.06. The fraction of sp³-hybridized carbons (Fsp3) is 0.500. The second-order valence-electron chi connectivity index (χ2n) is 2.53. The van der Waals surface area contributed by atoms with Gasteiger partial charge in [-0.2, -0.15) is 0 Å². The van der Waals surface area contributed by atoms with Crippen molar-refractivity contribution in [3.8, 4) is 0 Å². The molecule has 0 aromatic carbocycles. The summed E-state index contributed by atoms with van der Waals surface area (Å²) in [6.07, 6.45) is 3.33. The van der Waals surface area contributed by atoms with E-state index in [1.54, 1.807) is 5.20 Å². The lowest BCUT2D eigenvalue weighted by atomic mass is 10.2. The van der Waals surface area contributed by atoms with Crippen molar-refractivity contribution in [3.05, 3.63) is 10.8 Å². The SMILES string of the molecule is C1=N[SiH2]C2=C1CNCC2. The molecule has 3 heteroatoms. The highest BCUT2D eigenvalue weighted by atomic mass is 28.2. The van der Waals surface area contributed by atoms with Gasteiger partial charge in [0, 0.05) is 12.8 Å². The first-order chi connectivity index (χ1) is 4.47. The van der Waals surface area contributed by atoms with Crippen molar-refractivity contribution in [3.63, 3.8) is 0 Å². The molecule has 0 unspecified atom stereocenters. The first-order valence-electron chi connectivity index (χ1n) is 3.38. The average Bonchev–Trinajstić information content (AvgIpc) is 2.33. The van der Waals surface area contributed by atoms with E-state index in [4.69, 9.17) is 0 Å². The molecule has 2 rings (SSSR count). The largest absolute Gasteiger partial charge is 0.331 e. The molecule has 0 saturated carbocycles. The van der Waals surface area contributed by atoms with Crippen molar-refractivity contribution in [1.82, 2.24) is 5.32 Å². The molecule has 0 fully saturated rings. The van der Waals surface area contributed by atoms with Crippen molar-refractivity contribution in [2.45, 2.75) is 6.42 Å². The van der Waals surface area contributed by atoms with Gasteiger partial charge in [-0.05, 0) is 18.5 Å². The first kappa shape index (κ1) is 5.38. The summed E-state index contributed by atoms with van der Waals surface area (Å²) in [5, 5.41) is 5.02. The molecule has 0 atom stereocenters. The highest BCUT2D eigenvalue weighted by molar-refractivity contribution is 6.48. The van der Waals surface area contributed by atoms with Crippen LogP contribution in [-0.4, -0.2) is 29.0 Å². The molecule has 0 bridgehead atoms. The van der Waals surface area contributed by atoms with Crippen LogP contribution in [0.2, 0.25) is 0 Å². The predicted octanol–water partition coefficient (Wildman–Crippen LogP) is -0.598. The van der Waals surface area contributed by atoms with Crippen molar-refractivity contribution < 1.29 is 0 Å². The number of nitrogens with zero attached hydrogens (tertiary/aromatic N) is 1. The third-order valence-corrected chi connectivity index (χ3v) is 3.46. The predicted molar refractivity (Wildman–Crippen MR) is 41.5 cm³/mol. The van der Waals surface area contributed by atoms with Gasteiger partial charge in [-0.3, -0.25) is 0 Å². The van der Waals surface area contributed by atoms with Gasteiger partial charge >= 0.3 is 0 Å². The molecule has 48 valence electrons. The summed E-state index contributed by atoms with van der Waals surface area (Å²) in [6, 6.07) is 0. The van der Waals surface area contributed by atoms with E-state index in [0.29, 0.717) is 0 Å². The number of hydrogen-bond donors (Lipinski definition) is 1. The highest BCUT2D eigenvalue weighted by Crippen LogP contribution is 2.13. The molecule has 2 heterocycles. The molecule has 0 aliphatic carbocycles. The minimum atomic E-state index is -0.141. The summed E-state index contributed by atoms with van der Waals surface area (Å²) in [4.78, 5) is 0. The smallest absolute Gasteiger partial charge is 0.177 e. The van der Waals surface area contributed by atoms with Crippen LogP contribution in [0.15, 0.2) is 15.4 Å². The summed E-state index contributed by atoms with van der Waals surface area (Å²) < 4.78 is 4.33. The maximum absolute atomic E-state index is 4.33. The van der Waals surface area contributed by atoms with E-state index < -0.39 is 0 Å². The molecule has 0 spiro atoms. The van der Waals surface area contributed by atoms with Gasteiger partial charge in [0.15, 0.2) is 9.68 Å². The van der Waals surface area contributed by atoms with E-state index in [0.717, 1.165) is 6.54 Å². The topological polar surface area (TPSA) is 24.4 Å². The van der Waals surface area contributed by atoms with Gasteiger partial charge in [0.1, 0.15) is 0 Å². The fourth-order valence-corrected chi connectivity index (χ4v) is 2.62. The van der Waals surface area contributed by atoms with Crippen LogP contribution in [0.5, 0.6) is 0 Å². The maximum Gasteiger partial charge on any atom is 0.177 e. The van der Waals surface area contributed by atoms with Gasteiger partial charge in [-0.1, -0.05) is 5.20 Å². The van der Waals surface area contributed by atoms with Crippen LogP contribution in [0, 0.1) is 0 Å². The molecule has 0 radical (unpaired) electrons. The average molecular weight is 138 g/mol. The van der Waals surface area contributed by atoms with E-state index in [-0.39, 0.29) is 9.68 Å². The minimum absolute atomic E-state index is 0.141. The molecule has 0 amide bonds. The third kappa shape index (κ3) is 0.861. The van der Waals surface area contributed by atoms with Gasteiger partial charge < -0.3 is 9.97 Å². The van der Waals surface area contributed by atoms with E-state index >= 15 is 0 Å². The zero-order valence-corrected chi connectivity index (χ0v) is 6.77. The van der Waals surface area contributed by atoms with E-state index in [1.807, 2.05) is 0 Å². The zero-order valence-electron chi connectivity index (χ0n) is 5.35. The van der Waals surface area contributed by atoms with Crippen molar-refractivity contribution in [1.29, 1.82) is 0 Å². The Kier molecular flexibility index (Phi) is 1.24. The van der Waals surface area contributed by atoms with Crippen LogP contribution in [0.4, 0.5) is 0 Å². The van der Waals surface area contributed by atoms with Crippen LogP contribution < -0.4 is 5.32 Å². The molecule has 2 aliphatic heterocycles. The zero-order chi connectivity index (χ0) is 6.10. The Hall–Kier alpha value is -0.413. The van der Waals surface area contributed by atoms with Crippen LogP contribution >= 0.6 is 0 Å². The summed E-state index contributed by atoms with van der Waals surface area (Å²) in [5.74, 6) is 0. The van der Waals surface area contributed by atoms with Crippen LogP contribution in [0.1, 0.15) is 6.42 Å². The summed E-state index contributed by atoms with van der Waals surface area (Å²) in [6.45, 7) is 2.25. The normalized spacial score (nSPS) is 27.6. The monoisotopic (exact) mass is 138 g/mol. The lowest BCUT2D eigenvalue weighted by molar-refractivity contribution is 0.711. The van der Waals surface area contributed by atoms with Crippen molar-refractivity contribution >= 4 is 15.9 Å². The summed E-state index contributed by atoms with van der Waals surface area (Å²) in [5.41, 5.74) is 1.49. The summed E-state index contributed by atoms with van der Waals surface area (Å²) in [7, 11) is -0.141. The van der Waals surface area contributed by atoms with Gasteiger partial charge in [0.2, 0.25) is 0 Å². The van der Waals surface area contributed by atoms with Gasteiger partial charge in [0.25, 0.3) is 0 Å². The first-order valence-corrected chi connectivity index (χ1v) is 4.72. The standard InChI is InChI=1S/C6H10N2Si/c1-2-7-3-5-4-8-9-6(1)5/h4,7H,1-3,9H2. The van der Waals surface area contributed by atoms with Gasteiger partial charge in [0.05, 0.1) is 0 Å². The molecular formula is C6H10N2Si. The Balaban J connectivity index is 2.24. The van der Waals surface area contributed by atoms with Crippen molar-refractivity contribution in [2.75, 3.05) is 13.1 Å². The number of hydrogen-bond acceptors (Lipinski definition) is 2. The van der Waals surface area contributed by atoms with Gasteiger partial charge in [-0.25, -0.2) is 0 Å². The minimum Gasteiger partial charge on any atom is -0.331 e. The van der Waals surface area contributed by atoms with Crippen LogP contribution in [0.3, 0.4) is 0 Å². The Morgan fingerprint density at radius 1 is 1.67 bits per heavy atom. The Morgan fingerprint density at radius 2 is 2.67 bits per heavy atom. The molecule has 1 N–H and O–H groups in total. The van der Waals surface area contributed by atoms with Crippen molar-refractivity contribution in [2.24, 2.45) is 4.66 Å². The molecule has 9 heavy (non-hydrogen) atoms. The van der Waals surface area contributed by atoms with Crippen LogP contribution in [0.25, 0.3) is 0 Å². The third-order valence-electron chi connectivity index (χ3n) is 1.90. The molecule has 0 aromatic rings. The lowest BCUT2D eigenvalue weighted by Crippen LogP contribution is -2.25. The fourth-order valence-electron chi connectivity index (χ4n) is 1.33. The molecule has 2 aliphatic rings. The van der Waals surface area contributed by atoms with E-state index in [2.05, 4.69) is 16.2 Å². The second kappa shape index (κ2) is 2.08. The molecular weight excluding hydrogens is 128 g/mol. The van der Waals surface area contributed by atoms with Gasteiger partial charge in [-0.15, -0.1) is 0 Å². The quantitative estimate of drug-likeness (QED) is 0.444. The lowest BCUT2D eigenvalue weighted by Gasteiger charge is -2.12. The Labute approximate surface area is 57.0 Å². The van der Waals surface area contributed by atoms with E-state index in [1.165, 1.54) is 18.5 Å². The Morgan fingerprint density at radius 3 is 3.56 bits per heavy atom. The van der Waals surface area contributed by atoms with Crippen LogP contribution in [-0.2, 0) is 0 Å². The Bertz CT molecular complexity index is 183. The summed E-state index contributed by atoms with van der Waals surface area (Å²) >= 11 is 0.